The average molecular weight is 301 g/mol. The van der Waals surface area contributed by atoms with Gasteiger partial charge in [-0.2, -0.15) is 0 Å². The molecular weight excluding hydrogens is 276 g/mol. The van der Waals surface area contributed by atoms with Crippen LogP contribution in [0.2, 0.25) is 0 Å². The molecule has 4 aliphatic heterocycles. The Labute approximate surface area is 127 Å². The van der Waals surface area contributed by atoms with E-state index in [4.69, 9.17) is 4.74 Å². The summed E-state index contributed by atoms with van der Waals surface area (Å²) >= 11 is 0. The molecule has 5 heteroatoms. The monoisotopic (exact) mass is 300 g/mol. The Hall–Kier alpha value is -0.320. The molecule has 4 fully saturated rings. The molecule has 4 rings (SSSR count). The molecule has 0 aromatic rings. The summed E-state index contributed by atoms with van der Waals surface area (Å²) in [5.74, 6) is 2.16. The van der Waals surface area contributed by atoms with Gasteiger partial charge in [0.05, 0.1) is 18.1 Å². The van der Waals surface area contributed by atoms with Crippen LogP contribution in [0.4, 0.5) is 0 Å². The Morgan fingerprint density at radius 2 is 1.75 bits per heavy atom. The van der Waals surface area contributed by atoms with Gasteiger partial charge in [-0.25, -0.2) is 0 Å². The minimum atomic E-state index is 0. The predicted octanol–water partition coefficient (Wildman–Crippen LogP) is 1.43. The zero-order chi connectivity index (χ0) is 12.8. The van der Waals surface area contributed by atoms with Crippen molar-refractivity contribution in [2.75, 3.05) is 26.2 Å². The van der Waals surface area contributed by atoms with Gasteiger partial charge in [-0.15, -0.1) is 12.4 Å². The standard InChI is InChI=1S/C15H24N2O2.ClH/c18-15(13-7-12-1-2-14(13)19-12)17-5-3-10-8-16-9-11(10)4-6-17;/h10-14,16H,1-9H2;1H/t10-,11+,12?,13?,14?;. The van der Waals surface area contributed by atoms with Gasteiger partial charge in [-0.3, -0.25) is 4.79 Å². The Morgan fingerprint density at radius 3 is 2.30 bits per heavy atom. The van der Waals surface area contributed by atoms with Crippen molar-refractivity contribution in [3.8, 4) is 0 Å². The van der Waals surface area contributed by atoms with Crippen LogP contribution in [0.25, 0.3) is 0 Å². The van der Waals surface area contributed by atoms with E-state index < -0.39 is 0 Å². The number of hydrogen-bond acceptors (Lipinski definition) is 3. The smallest absolute Gasteiger partial charge is 0.228 e. The maximum absolute atomic E-state index is 12.7. The number of ether oxygens (including phenoxy) is 1. The Kier molecular flexibility index (Phi) is 4.25. The van der Waals surface area contributed by atoms with Gasteiger partial charge in [0.1, 0.15) is 0 Å². The second-order valence-electron chi connectivity index (χ2n) is 6.80. The Balaban J connectivity index is 0.00000121. The largest absolute Gasteiger partial charge is 0.374 e. The Bertz CT molecular complexity index is 365. The molecule has 0 radical (unpaired) electrons. The first-order chi connectivity index (χ1) is 9.31. The molecule has 4 heterocycles. The van der Waals surface area contributed by atoms with Crippen molar-refractivity contribution in [3.05, 3.63) is 0 Å². The van der Waals surface area contributed by atoms with E-state index in [2.05, 4.69) is 10.2 Å². The lowest BCUT2D eigenvalue weighted by Gasteiger charge is -2.27. The maximum atomic E-state index is 12.7. The van der Waals surface area contributed by atoms with Gasteiger partial charge in [0.25, 0.3) is 0 Å². The molecule has 1 N–H and O–H groups in total. The molecule has 4 saturated heterocycles. The number of amides is 1. The first kappa shape index (κ1) is 14.6. The molecule has 4 aliphatic rings. The van der Waals surface area contributed by atoms with E-state index in [-0.39, 0.29) is 24.4 Å². The Morgan fingerprint density at radius 1 is 1.05 bits per heavy atom. The van der Waals surface area contributed by atoms with Crippen molar-refractivity contribution < 1.29 is 9.53 Å². The van der Waals surface area contributed by atoms with Gasteiger partial charge >= 0.3 is 0 Å². The highest BCUT2D eigenvalue weighted by Crippen LogP contribution is 2.40. The summed E-state index contributed by atoms with van der Waals surface area (Å²) in [5, 5.41) is 3.49. The lowest BCUT2D eigenvalue weighted by molar-refractivity contribution is -0.137. The van der Waals surface area contributed by atoms with E-state index in [1.165, 1.54) is 19.3 Å². The van der Waals surface area contributed by atoms with Crippen molar-refractivity contribution in [1.82, 2.24) is 10.2 Å². The van der Waals surface area contributed by atoms with Crippen LogP contribution in [0.3, 0.4) is 0 Å². The first-order valence-electron chi connectivity index (χ1n) is 7.96. The second kappa shape index (κ2) is 5.82. The van der Waals surface area contributed by atoms with Gasteiger partial charge in [0.15, 0.2) is 0 Å². The molecule has 0 saturated carbocycles. The number of fused-ring (bicyclic) bond motifs is 3. The minimum absolute atomic E-state index is 0. The summed E-state index contributed by atoms with van der Waals surface area (Å²) in [7, 11) is 0. The lowest BCUT2D eigenvalue weighted by Crippen LogP contribution is -2.40. The molecule has 2 bridgehead atoms. The van der Waals surface area contributed by atoms with Gasteiger partial charge in [-0.1, -0.05) is 0 Å². The van der Waals surface area contributed by atoms with Crippen molar-refractivity contribution in [2.24, 2.45) is 17.8 Å². The summed E-state index contributed by atoms with van der Waals surface area (Å²) in [6.07, 6.45) is 6.25. The highest BCUT2D eigenvalue weighted by molar-refractivity contribution is 5.85. The summed E-state index contributed by atoms with van der Waals surface area (Å²) in [6, 6.07) is 0. The topological polar surface area (TPSA) is 41.6 Å². The molecule has 0 spiro atoms. The molecule has 1 amide bonds. The maximum Gasteiger partial charge on any atom is 0.228 e. The number of halogens is 1. The van der Waals surface area contributed by atoms with E-state index in [1.54, 1.807) is 0 Å². The number of nitrogens with zero attached hydrogens (tertiary/aromatic N) is 1. The van der Waals surface area contributed by atoms with E-state index in [1.807, 2.05) is 0 Å². The summed E-state index contributed by atoms with van der Waals surface area (Å²) < 4.78 is 5.85. The van der Waals surface area contributed by atoms with Gasteiger partial charge < -0.3 is 15.0 Å². The molecule has 20 heavy (non-hydrogen) atoms. The van der Waals surface area contributed by atoms with Crippen molar-refractivity contribution >= 4 is 18.3 Å². The fourth-order valence-corrected chi connectivity index (χ4v) is 4.57. The summed E-state index contributed by atoms with van der Waals surface area (Å²) in [5.41, 5.74) is 0. The normalized spacial score (nSPS) is 43.0. The summed E-state index contributed by atoms with van der Waals surface area (Å²) in [6.45, 7) is 4.25. The van der Waals surface area contributed by atoms with E-state index in [9.17, 15) is 4.79 Å². The lowest BCUT2D eigenvalue weighted by atomic mass is 9.88. The molecule has 0 aromatic carbocycles. The highest BCUT2D eigenvalue weighted by Gasteiger charge is 2.46. The average Bonchev–Trinajstić information content (AvgIpc) is 3.12. The summed E-state index contributed by atoms with van der Waals surface area (Å²) in [4.78, 5) is 14.8. The molecule has 0 aliphatic carbocycles. The fraction of sp³-hybridized carbons (Fsp3) is 0.933. The van der Waals surface area contributed by atoms with Gasteiger partial charge in [-0.05, 0) is 57.0 Å². The van der Waals surface area contributed by atoms with Crippen LogP contribution in [0.5, 0.6) is 0 Å². The van der Waals surface area contributed by atoms with E-state index in [0.29, 0.717) is 12.0 Å². The third kappa shape index (κ3) is 2.46. The molecule has 114 valence electrons. The molecule has 0 aromatic heterocycles. The van der Waals surface area contributed by atoms with Crippen LogP contribution in [0, 0.1) is 17.8 Å². The fourth-order valence-electron chi connectivity index (χ4n) is 4.57. The second-order valence-corrected chi connectivity index (χ2v) is 6.80. The molecule has 4 nitrogen and oxygen atoms in total. The van der Waals surface area contributed by atoms with Crippen LogP contribution < -0.4 is 5.32 Å². The molecular formula is C15H25ClN2O2. The number of hydrogen-bond donors (Lipinski definition) is 1. The highest BCUT2D eigenvalue weighted by atomic mass is 35.5. The number of carbonyl (C=O) groups is 1. The number of carbonyl (C=O) groups excluding carboxylic acids is 1. The zero-order valence-electron chi connectivity index (χ0n) is 11.9. The van der Waals surface area contributed by atoms with Crippen molar-refractivity contribution in [2.45, 2.75) is 44.3 Å². The van der Waals surface area contributed by atoms with E-state index >= 15 is 0 Å². The van der Waals surface area contributed by atoms with Crippen LogP contribution in [0.1, 0.15) is 32.1 Å². The molecule has 3 unspecified atom stereocenters. The van der Waals surface area contributed by atoms with Gasteiger partial charge in [0.2, 0.25) is 5.91 Å². The predicted molar refractivity (Wildman–Crippen MR) is 78.9 cm³/mol. The van der Waals surface area contributed by atoms with Crippen LogP contribution in [-0.4, -0.2) is 49.2 Å². The van der Waals surface area contributed by atoms with Gasteiger partial charge in [0, 0.05) is 13.1 Å². The van der Waals surface area contributed by atoms with Crippen LogP contribution >= 0.6 is 12.4 Å². The quantitative estimate of drug-likeness (QED) is 0.797. The SMILES string of the molecule is Cl.O=C(C1CC2CCC1O2)N1CC[C@@H]2CNC[C@@H]2CC1. The van der Waals surface area contributed by atoms with Crippen molar-refractivity contribution in [3.63, 3.8) is 0 Å². The number of rotatable bonds is 1. The third-order valence-corrected chi connectivity index (χ3v) is 5.75. The van der Waals surface area contributed by atoms with Crippen LogP contribution in [0.15, 0.2) is 0 Å². The first-order valence-corrected chi connectivity index (χ1v) is 7.96. The van der Waals surface area contributed by atoms with Crippen molar-refractivity contribution in [1.29, 1.82) is 0 Å². The minimum Gasteiger partial charge on any atom is -0.374 e. The third-order valence-electron chi connectivity index (χ3n) is 5.75. The number of likely N-dealkylation sites (tertiary alicyclic amines) is 1. The van der Waals surface area contributed by atoms with Crippen LogP contribution in [-0.2, 0) is 9.53 Å². The number of nitrogens with one attached hydrogen (secondary N) is 1. The zero-order valence-corrected chi connectivity index (χ0v) is 12.7. The molecule has 5 atom stereocenters. The van der Waals surface area contributed by atoms with E-state index in [0.717, 1.165) is 50.9 Å².